The highest BCUT2D eigenvalue weighted by atomic mass is 15.1. The summed E-state index contributed by atoms with van der Waals surface area (Å²) in [6, 6.07) is 0.431. The van der Waals surface area contributed by atoms with E-state index >= 15 is 0 Å². The van der Waals surface area contributed by atoms with E-state index in [1.165, 1.54) is 45.3 Å². The molecule has 2 nitrogen and oxygen atoms in total. The minimum atomic E-state index is 0.431. The first-order valence-corrected chi connectivity index (χ1v) is 5.72. The topological polar surface area (TPSA) is 29.3 Å². The van der Waals surface area contributed by atoms with Crippen LogP contribution in [0.3, 0.4) is 0 Å². The van der Waals surface area contributed by atoms with Crippen molar-refractivity contribution in [1.82, 2.24) is 4.90 Å². The molecular formula is C11H26N2. The van der Waals surface area contributed by atoms with E-state index in [-0.39, 0.29) is 0 Å². The van der Waals surface area contributed by atoms with Crippen molar-refractivity contribution in [2.45, 2.75) is 52.5 Å². The first-order valence-electron chi connectivity index (χ1n) is 5.72. The fourth-order valence-electron chi connectivity index (χ4n) is 1.63. The Balaban J connectivity index is 3.32. The molecule has 0 saturated carbocycles. The van der Waals surface area contributed by atoms with Crippen LogP contribution in [-0.4, -0.2) is 30.6 Å². The maximum atomic E-state index is 5.93. The summed E-state index contributed by atoms with van der Waals surface area (Å²) in [6.45, 7) is 10.2. The van der Waals surface area contributed by atoms with Gasteiger partial charge in [-0.05, 0) is 38.9 Å². The van der Waals surface area contributed by atoms with E-state index in [1.807, 2.05) is 0 Å². The van der Waals surface area contributed by atoms with Crippen LogP contribution in [0.25, 0.3) is 0 Å². The predicted octanol–water partition coefficient (Wildman–Crippen LogP) is 2.24. The second-order valence-electron chi connectivity index (χ2n) is 3.72. The van der Waals surface area contributed by atoms with E-state index in [2.05, 4.69) is 25.7 Å². The van der Waals surface area contributed by atoms with Gasteiger partial charge in [0.1, 0.15) is 0 Å². The molecule has 2 heteroatoms. The molecule has 0 radical (unpaired) electrons. The van der Waals surface area contributed by atoms with Crippen LogP contribution < -0.4 is 5.73 Å². The zero-order valence-electron chi connectivity index (χ0n) is 9.55. The molecule has 13 heavy (non-hydrogen) atoms. The molecule has 0 rings (SSSR count). The average Bonchev–Trinajstić information content (AvgIpc) is 2.13. The Hall–Kier alpha value is -0.0800. The van der Waals surface area contributed by atoms with Crippen LogP contribution in [0.2, 0.25) is 0 Å². The van der Waals surface area contributed by atoms with Crippen molar-refractivity contribution in [2.75, 3.05) is 19.6 Å². The maximum absolute atomic E-state index is 5.93. The van der Waals surface area contributed by atoms with Gasteiger partial charge >= 0.3 is 0 Å². The molecule has 0 fully saturated rings. The van der Waals surface area contributed by atoms with E-state index in [9.17, 15) is 0 Å². The predicted molar refractivity (Wildman–Crippen MR) is 59.9 cm³/mol. The van der Waals surface area contributed by atoms with Gasteiger partial charge in [0.15, 0.2) is 0 Å². The van der Waals surface area contributed by atoms with Crippen molar-refractivity contribution in [1.29, 1.82) is 0 Å². The summed E-state index contributed by atoms with van der Waals surface area (Å²) in [4.78, 5) is 2.46. The fraction of sp³-hybridized carbons (Fsp3) is 1.00. The lowest BCUT2D eigenvalue weighted by Crippen LogP contribution is -2.26. The molecule has 0 aliphatic rings. The van der Waals surface area contributed by atoms with Crippen molar-refractivity contribution in [3.05, 3.63) is 0 Å². The van der Waals surface area contributed by atoms with Crippen LogP contribution in [0, 0.1) is 0 Å². The highest BCUT2D eigenvalue weighted by Gasteiger charge is 2.02. The lowest BCUT2D eigenvalue weighted by atomic mass is 10.1. The summed E-state index contributed by atoms with van der Waals surface area (Å²) in [5.74, 6) is 0. The largest absolute Gasteiger partial charge is 0.328 e. The molecule has 80 valence electrons. The van der Waals surface area contributed by atoms with Crippen LogP contribution in [-0.2, 0) is 0 Å². The molecule has 0 saturated heterocycles. The molecule has 2 N–H and O–H groups in total. The minimum absolute atomic E-state index is 0.431. The summed E-state index contributed by atoms with van der Waals surface area (Å²) in [5, 5.41) is 0. The zero-order valence-corrected chi connectivity index (χ0v) is 9.55. The van der Waals surface area contributed by atoms with E-state index in [4.69, 9.17) is 5.73 Å². The van der Waals surface area contributed by atoms with E-state index in [0.29, 0.717) is 6.04 Å². The Morgan fingerprint density at radius 1 is 1.08 bits per heavy atom. The standard InChI is InChI=1S/C11H26N2/c1-4-8-11(12)9-7-10-13(5-2)6-3/h11H,4-10,12H2,1-3H3/t11-/m0/s1. The number of nitrogens with two attached hydrogens (primary N) is 1. The van der Waals surface area contributed by atoms with Crippen molar-refractivity contribution >= 4 is 0 Å². The number of hydrogen-bond donors (Lipinski definition) is 1. The Bertz CT molecular complexity index is 100. The maximum Gasteiger partial charge on any atom is 0.00392 e. The average molecular weight is 186 g/mol. The van der Waals surface area contributed by atoms with Gasteiger partial charge in [-0.25, -0.2) is 0 Å². The molecule has 0 aromatic heterocycles. The Labute approximate surface area is 83.5 Å². The third kappa shape index (κ3) is 7.03. The van der Waals surface area contributed by atoms with Gasteiger partial charge in [0.05, 0.1) is 0 Å². The molecular weight excluding hydrogens is 160 g/mol. The quantitative estimate of drug-likeness (QED) is 0.630. The highest BCUT2D eigenvalue weighted by molar-refractivity contribution is 4.62. The van der Waals surface area contributed by atoms with Crippen LogP contribution in [0.15, 0.2) is 0 Å². The Morgan fingerprint density at radius 2 is 1.69 bits per heavy atom. The van der Waals surface area contributed by atoms with Crippen molar-refractivity contribution in [3.8, 4) is 0 Å². The molecule has 0 heterocycles. The fourth-order valence-corrected chi connectivity index (χ4v) is 1.63. The molecule has 0 spiro atoms. The van der Waals surface area contributed by atoms with Crippen molar-refractivity contribution in [2.24, 2.45) is 5.73 Å². The van der Waals surface area contributed by atoms with E-state index in [1.54, 1.807) is 0 Å². The van der Waals surface area contributed by atoms with Gasteiger partial charge < -0.3 is 10.6 Å². The van der Waals surface area contributed by atoms with Gasteiger partial charge in [0, 0.05) is 6.04 Å². The number of rotatable bonds is 8. The normalized spacial score (nSPS) is 13.6. The van der Waals surface area contributed by atoms with Gasteiger partial charge in [0.2, 0.25) is 0 Å². The third-order valence-electron chi connectivity index (χ3n) is 2.60. The van der Waals surface area contributed by atoms with Gasteiger partial charge in [0.25, 0.3) is 0 Å². The SMILES string of the molecule is CCC[C@H](N)CCCN(CC)CC. The molecule has 0 unspecified atom stereocenters. The monoisotopic (exact) mass is 186 g/mol. The summed E-state index contributed by atoms with van der Waals surface area (Å²) < 4.78 is 0. The van der Waals surface area contributed by atoms with Gasteiger partial charge in [-0.15, -0.1) is 0 Å². The second kappa shape index (κ2) is 8.52. The summed E-state index contributed by atoms with van der Waals surface area (Å²) in [6.07, 6.45) is 4.83. The summed E-state index contributed by atoms with van der Waals surface area (Å²) >= 11 is 0. The summed E-state index contributed by atoms with van der Waals surface area (Å²) in [5.41, 5.74) is 5.93. The molecule has 0 aliphatic heterocycles. The smallest absolute Gasteiger partial charge is 0.00392 e. The van der Waals surface area contributed by atoms with E-state index in [0.717, 1.165) is 0 Å². The third-order valence-corrected chi connectivity index (χ3v) is 2.60. The second-order valence-corrected chi connectivity index (χ2v) is 3.72. The Kier molecular flexibility index (Phi) is 8.46. The van der Waals surface area contributed by atoms with Gasteiger partial charge in [-0.1, -0.05) is 27.2 Å². The summed E-state index contributed by atoms with van der Waals surface area (Å²) in [7, 11) is 0. The van der Waals surface area contributed by atoms with Crippen molar-refractivity contribution < 1.29 is 0 Å². The number of hydrogen-bond acceptors (Lipinski definition) is 2. The molecule has 0 bridgehead atoms. The van der Waals surface area contributed by atoms with Gasteiger partial charge in [-0.2, -0.15) is 0 Å². The lowest BCUT2D eigenvalue weighted by molar-refractivity contribution is 0.292. The lowest BCUT2D eigenvalue weighted by Gasteiger charge is -2.18. The zero-order chi connectivity index (χ0) is 10.1. The first-order chi connectivity index (χ1) is 6.24. The molecule has 1 atom stereocenters. The van der Waals surface area contributed by atoms with Crippen LogP contribution >= 0.6 is 0 Å². The molecule has 0 aromatic carbocycles. The van der Waals surface area contributed by atoms with E-state index < -0.39 is 0 Å². The molecule has 0 aliphatic carbocycles. The van der Waals surface area contributed by atoms with Crippen LogP contribution in [0.4, 0.5) is 0 Å². The van der Waals surface area contributed by atoms with Crippen molar-refractivity contribution in [3.63, 3.8) is 0 Å². The minimum Gasteiger partial charge on any atom is -0.328 e. The Morgan fingerprint density at radius 3 is 2.15 bits per heavy atom. The highest BCUT2D eigenvalue weighted by Crippen LogP contribution is 2.03. The van der Waals surface area contributed by atoms with Crippen LogP contribution in [0.1, 0.15) is 46.5 Å². The van der Waals surface area contributed by atoms with Crippen LogP contribution in [0.5, 0.6) is 0 Å². The molecule has 0 amide bonds. The molecule has 0 aromatic rings. The van der Waals surface area contributed by atoms with Gasteiger partial charge in [-0.3, -0.25) is 0 Å². The number of nitrogens with zero attached hydrogens (tertiary/aromatic N) is 1. The first kappa shape index (κ1) is 12.9.